The van der Waals surface area contributed by atoms with E-state index in [1.54, 1.807) is 6.20 Å². The van der Waals surface area contributed by atoms with Crippen molar-refractivity contribution in [3.05, 3.63) is 53.3 Å². The SMILES string of the molecule is CC(C)N1Cc2cc(-c3ccc(C(C#N)CNC(=O)C4CCCCC4)cc3)cnc2C1=O. The topological polar surface area (TPSA) is 86.1 Å². The van der Waals surface area contributed by atoms with Gasteiger partial charge in [0.25, 0.3) is 5.91 Å². The molecule has 1 atom stereocenters. The van der Waals surface area contributed by atoms with E-state index >= 15 is 0 Å². The molecule has 1 aromatic heterocycles. The molecule has 0 radical (unpaired) electrons. The van der Waals surface area contributed by atoms with Crippen molar-refractivity contribution in [1.29, 1.82) is 5.26 Å². The number of carbonyl (C=O) groups is 2. The van der Waals surface area contributed by atoms with Crippen LogP contribution in [0.4, 0.5) is 0 Å². The number of rotatable bonds is 6. The molecule has 1 fully saturated rings. The van der Waals surface area contributed by atoms with Gasteiger partial charge in [0.15, 0.2) is 0 Å². The maximum absolute atomic E-state index is 12.5. The van der Waals surface area contributed by atoms with Gasteiger partial charge < -0.3 is 10.2 Å². The second kappa shape index (κ2) is 9.52. The van der Waals surface area contributed by atoms with E-state index in [1.165, 1.54) is 6.42 Å². The fourth-order valence-electron chi connectivity index (χ4n) is 4.65. The summed E-state index contributed by atoms with van der Waals surface area (Å²) in [4.78, 5) is 31.1. The Morgan fingerprint density at radius 3 is 2.56 bits per heavy atom. The number of hydrogen-bond donors (Lipinski definition) is 1. The molecule has 2 amide bonds. The van der Waals surface area contributed by atoms with Crippen LogP contribution in [-0.2, 0) is 11.3 Å². The fourth-order valence-corrected chi connectivity index (χ4v) is 4.65. The Balaban J connectivity index is 1.42. The monoisotopic (exact) mass is 430 g/mol. The van der Waals surface area contributed by atoms with Gasteiger partial charge in [0.1, 0.15) is 5.69 Å². The lowest BCUT2D eigenvalue weighted by Crippen LogP contribution is -2.34. The fraction of sp³-hybridized carbons (Fsp3) is 0.462. The van der Waals surface area contributed by atoms with Crippen LogP contribution in [-0.4, -0.2) is 34.3 Å². The molecule has 0 saturated heterocycles. The minimum absolute atomic E-state index is 0.0102. The maximum atomic E-state index is 12.5. The van der Waals surface area contributed by atoms with Crippen LogP contribution in [0.15, 0.2) is 36.5 Å². The normalized spacial score (nSPS) is 17.2. The van der Waals surface area contributed by atoms with Gasteiger partial charge in [0, 0.05) is 42.4 Å². The smallest absolute Gasteiger partial charge is 0.273 e. The standard InChI is InChI=1S/C26H30N4O2/c1-17(2)30-16-22-12-21(14-28-24(22)26(30)32)18-8-10-19(11-9-18)23(13-27)15-29-25(31)20-6-4-3-5-7-20/h8-12,14,17,20,23H,3-7,15-16H2,1-2H3,(H,29,31). The number of hydrogen-bond acceptors (Lipinski definition) is 4. The molecule has 1 aromatic carbocycles. The number of fused-ring (bicyclic) bond motifs is 1. The molecule has 2 aromatic rings. The molecule has 1 saturated carbocycles. The Morgan fingerprint density at radius 1 is 1.19 bits per heavy atom. The molecule has 0 spiro atoms. The van der Waals surface area contributed by atoms with E-state index in [9.17, 15) is 14.9 Å². The lowest BCUT2D eigenvalue weighted by atomic mass is 9.88. The highest BCUT2D eigenvalue weighted by molar-refractivity contribution is 5.97. The molecule has 6 heteroatoms. The summed E-state index contributed by atoms with van der Waals surface area (Å²) >= 11 is 0. The number of amides is 2. The average Bonchev–Trinajstić information content (AvgIpc) is 3.16. The summed E-state index contributed by atoms with van der Waals surface area (Å²) in [6, 6.07) is 12.3. The number of benzene rings is 1. The first-order valence-electron chi connectivity index (χ1n) is 11.6. The highest BCUT2D eigenvalue weighted by Gasteiger charge is 2.30. The molecule has 4 rings (SSSR count). The Labute approximate surface area is 189 Å². The first kappa shape index (κ1) is 22.0. The predicted octanol–water partition coefficient (Wildman–Crippen LogP) is 4.42. The van der Waals surface area contributed by atoms with Gasteiger partial charge in [0.05, 0.1) is 12.0 Å². The number of nitriles is 1. The van der Waals surface area contributed by atoms with Crippen LogP contribution in [0.25, 0.3) is 11.1 Å². The van der Waals surface area contributed by atoms with Gasteiger partial charge in [-0.25, -0.2) is 0 Å². The van der Waals surface area contributed by atoms with Crippen molar-refractivity contribution >= 4 is 11.8 Å². The van der Waals surface area contributed by atoms with E-state index in [0.29, 0.717) is 18.8 Å². The van der Waals surface area contributed by atoms with Gasteiger partial charge in [-0.3, -0.25) is 14.6 Å². The quantitative estimate of drug-likeness (QED) is 0.735. The van der Waals surface area contributed by atoms with Gasteiger partial charge in [-0.15, -0.1) is 0 Å². The lowest BCUT2D eigenvalue weighted by molar-refractivity contribution is -0.125. The summed E-state index contributed by atoms with van der Waals surface area (Å²) in [5.41, 5.74) is 4.31. The van der Waals surface area contributed by atoms with Gasteiger partial charge in [-0.2, -0.15) is 5.26 Å². The average molecular weight is 431 g/mol. The van der Waals surface area contributed by atoms with E-state index in [-0.39, 0.29) is 29.7 Å². The van der Waals surface area contributed by atoms with Crippen LogP contribution >= 0.6 is 0 Å². The third-order valence-corrected chi connectivity index (χ3v) is 6.65. The lowest BCUT2D eigenvalue weighted by Gasteiger charge is -2.21. The highest BCUT2D eigenvalue weighted by Crippen LogP contribution is 2.29. The molecule has 2 aliphatic rings. The molecular weight excluding hydrogens is 400 g/mol. The Morgan fingerprint density at radius 2 is 1.91 bits per heavy atom. The first-order valence-corrected chi connectivity index (χ1v) is 11.6. The summed E-state index contributed by atoms with van der Waals surface area (Å²) in [5, 5.41) is 12.6. The third-order valence-electron chi connectivity index (χ3n) is 6.65. The third kappa shape index (κ3) is 4.52. The van der Waals surface area contributed by atoms with E-state index in [2.05, 4.69) is 16.4 Å². The zero-order valence-corrected chi connectivity index (χ0v) is 18.8. The van der Waals surface area contributed by atoms with E-state index in [0.717, 1.165) is 47.9 Å². The van der Waals surface area contributed by atoms with Crippen LogP contribution in [0.5, 0.6) is 0 Å². The Kier molecular flexibility index (Phi) is 6.55. The maximum Gasteiger partial charge on any atom is 0.273 e. The summed E-state index contributed by atoms with van der Waals surface area (Å²) in [7, 11) is 0. The van der Waals surface area contributed by atoms with Crippen LogP contribution in [0, 0.1) is 17.2 Å². The molecule has 32 heavy (non-hydrogen) atoms. The Bertz CT molecular complexity index is 1030. The molecule has 2 heterocycles. The van der Waals surface area contributed by atoms with Crippen molar-refractivity contribution < 1.29 is 9.59 Å². The second-order valence-electron chi connectivity index (χ2n) is 9.14. The van der Waals surface area contributed by atoms with Gasteiger partial charge in [-0.05, 0) is 43.9 Å². The molecule has 166 valence electrons. The number of nitrogens with one attached hydrogen (secondary N) is 1. The Hall–Kier alpha value is -3.20. The zero-order valence-electron chi connectivity index (χ0n) is 18.8. The van der Waals surface area contributed by atoms with Crippen molar-refractivity contribution in [3.8, 4) is 17.2 Å². The molecule has 1 aliphatic heterocycles. The minimum Gasteiger partial charge on any atom is -0.354 e. The summed E-state index contributed by atoms with van der Waals surface area (Å²) in [6.07, 6.45) is 7.08. The molecule has 6 nitrogen and oxygen atoms in total. The summed E-state index contributed by atoms with van der Waals surface area (Å²) < 4.78 is 0. The van der Waals surface area contributed by atoms with Crippen LogP contribution in [0.2, 0.25) is 0 Å². The van der Waals surface area contributed by atoms with Crippen LogP contribution in [0.1, 0.15) is 73.5 Å². The number of aromatic nitrogens is 1. The van der Waals surface area contributed by atoms with Gasteiger partial charge in [0.2, 0.25) is 5.91 Å². The van der Waals surface area contributed by atoms with E-state index < -0.39 is 0 Å². The number of carbonyl (C=O) groups excluding carboxylic acids is 2. The van der Waals surface area contributed by atoms with Crippen LogP contribution < -0.4 is 5.32 Å². The minimum atomic E-state index is -0.382. The van der Waals surface area contributed by atoms with Gasteiger partial charge in [-0.1, -0.05) is 43.5 Å². The van der Waals surface area contributed by atoms with Crippen molar-refractivity contribution in [2.75, 3.05) is 6.54 Å². The molecule has 1 N–H and O–H groups in total. The zero-order chi connectivity index (χ0) is 22.7. The van der Waals surface area contributed by atoms with Crippen molar-refractivity contribution in [2.24, 2.45) is 5.92 Å². The first-order chi connectivity index (χ1) is 15.5. The summed E-state index contributed by atoms with van der Waals surface area (Å²) in [5.74, 6) is -0.219. The molecule has 1 unspecified atom stereocenters. The number of pyridine rings is 1. The molecular formula is C26H30N4O2. The second-order valence-corrected chi connectivity index (χ2v) is 9.14. The van der Waals surface area contributed by atoms with E-state index in [1.807, 2.05) is 49.1 Å². The van der Waals surface area contributed by atoms with Crippen molar-refractivity contribution in [2.45, 2.75) is 64.5 Å². The van der Waals surface area contributed by atoms with E-state index in [4.69, 9.17) is 0 Å². The van der Waals surface area contributed by atoms with Crippen molar-refractivity contribution in [3.63, 3.8) is 0 Å². The molecule has 0 bridgehead atoms. The summed E-state index contributed by atoms with van der Waals surface area (Å²) in [6.45, 7) is 4.93. The largest absolute Gasteiger partial charge is 0.354 e. The molecule has 1 aliphatic carbocycles. The highest BCUT2D eigenvalue weighted by atomic mass is 16.2. The van der Waals surface area contributed by atoms with Crippen molar-refractivity contribution in [1.82, 2.24) is 15.2 Å². The predicted molar refractivity (Wildman–Crippen MR) is 123 cm³/mol. The van der Waals surface area contributed by atoms with Gasteiger partial charge >= 0.3 is 0 Å². The van der Waals surface area contributed by atoms with Crippen LogP contribution in [0.3, 0.4) is 0 Å². The number of nitrogens with zero attached hydrogens (tertiary/aromatic N) is 3.